The predicted octanol–water partition coefficient (Wildman–Crippen LogP) is 2.33. The fraction of sp³-hybridized carbons (Fsp3) is 0.647. The van der Waals surface area contributed by atoms with Gasteiger partial charge in [0.2, 0.25) is 0 Å². The van der Waals surface area contributed by atoms with Crippen molar-refractivity contribution in [1.29, 1.82) is 0 Å². The van der Waals surface area contributed by atoms with Gasteiger partial charge in [-0.15, -0.1) is 0 Å². The second-order valence-corrected chi connectivity index (χ2v) is 6.16. The molecule has 1 saturated heterocycles. The van der Waals surface area contributed by atoms with Crippen molar-refractivity contribution in [3.63, 3.8) is 0 Å². The van der Waals surface area contributed by atoms with Gasteiger partial charge in [-0.2, -0.15) is 0 Å². The van der Waals surface area contributed by atoms with E-state index in [2.05, 4.69) is 36.1 Å². The van der Waals surface area contributed by atoms with Gasteiger partial charge in [-0.3, -0.25) is 4.90 Å². The van der Waals surface area contributed by atoms with Gasteiger partial charge in [0, 0.05) is 33.4 Å². The summed E-state index contributed by atoms with van der Waals surface area (Å²) in [7, 11) is 3.53. The smallest absolute Gasteiger partial charge is 0.0777 e. The summed E-state index contributed by atoms with van der Waals surface area (Å²) in [6.07, 6.45) is 2.26. The van der Waals surface area contributed by atoms with Crippen LogP contribution in [0.15, 0.2) is 24.3 Å². The summed E-state index contributed by atoms with van der Waals surface area (Å²) >= 11 is 0. The Labute approximate surface area is 128 Å². The van der Waals surface area contributed by atoms with E-state index in [-0.39, 0.29) is 11.6 Å². The Bertz CT molecular complexity index is 452. The number of hydrogen-bond donors (Lipinski definition) is 1. The second-order valence-electron chi connectivity index (χ2n) is 6.16. The number of piperidine rings is 1. The van der Waals surface area contributed by atoms with E-state index >= 15 is 0 Å². The molecule has 4 heteroatoms. The van der Waals surface area contributed by atoms with Crippen molar-refractivity contribution in [3.8, 4) is 0 Å². The highest BCUT2D eigenvalue weighted by molar-refractivity contribution is 5.26. The lowest BCUT2D eigenvalue weighted by Gasteiger charge is -2.43. The quantitative estimate of drug-likeness (QED) is 0.874. The molecule has 0 radical (unpaired) electrons. The van der Waals surface area contributed by atoms with Gasteiger partial charge in [0.05, 0.1) is 12.2 Å². The highest BCUT2D eigenvalue weighted by atomic mass is 16.5. The maximum Gasteiger partial charge on any atom is 0.0777 e. The molecule has 2 atom stereocenters. The van der Waals surface area contributed by atoms with E-state index in [0.717, 1.165) is 25.9 Å². The van der Waals surface area contributed by atoms with Gasteiger partial charge < -0.3 is 15.2 Å². The third kappa shape index (κ3) is 4.04. The number of methoxy groups -OCH3 is 2. The second kappa shape index (κ2) is 7.36. The minimum absolute atomic E-state index is 0.0597. The molecule has 1 aliphatic heterocycles. The molecule has 0 saturated carbocycles. The molecule has 21 heavy (non-hydrogen) atoms. The van der Waals surface area contributed by atoms with E-state index in [0.29, 0.717) is 13.2 Å². The molecular formula is C17H28N2O2. The Balaban J connectivity index is 2.17. The third-order valence-electron chi connectivity index (χ3n) is 4.49. The summed E-state index contributed by atoms with van der Waals surface area (Å²) in [5.74, 6) is 0. The van der Waals surface area contributed by atoms with Gasteiger partial charge in [0.15, 0.2) is 0 Å². The van der Waals surface area contributed by atoms with Crippen LogP contribution in [0.3, 0.4) is 0 Å². The summed E-state index contributed by atoms with van der Waals surface area (Å²) in [6.45, 7) is 5.46. The first kappa shape index (κ1) is 16.4. The fourth-order valence-corrected chi connectivity index (χ4v) is 3.23. The predicted molar refractivity (Wildman–Crippen MR) is 85.2 cm³/mol. The molecule has 118 valence electrons. The zero-order chi connectivity index (χ0) is 15.3. The standard InChI is InChI=1S/C17H28N2O2/c1-17(21-3)8-5-9-19(13-17)16(11-18)15-7-4-6-14(10-15)12-20-2/h4,6-7,10,16H,5,8-9,11-13,18H2,1-3H3. The minimum atomic E-state index is -0.0597. The third-order valence-corrected chi connectivity index (χ3v) is 4.49. The fourth-order valence-electron chi connectivity index (χ4n) is 3.23. The normalized spacial score (nSPS) is 25.0. The van der Waals surface area contributed by atoms with E-state index in [4.69, 9.17) is 15.2 Å². The first-order valence-corrected chi connectivity index (χ1v) is 7.69. The van der Waals surface area contributed by atoms with Crippen LogP contribution >= 0.6 is 0 Å². The number of ether oxygens (including phenoxy) is 2. The Morgan fingerprint density at radius 2 is 2.19 bits per heavy atom. The number of nitrogens with two attached hydrogens (primary N) is 1. The van der Waals surface area contributed by atoms with Crippen molar-refractivity contribution in [2.75, 3.05) is 33.9 Å². The molecule has 0 amide bonds. The topological polar surface area (TPSA) is 47.7 Å². The number of rotatable bonds is 6. The van der Waals surface area contributed by atoms with Gasteiger partial charge >= 0.3 is 0 Å². The van der Waals surface area contributed by atoms with Crippen molar-refractivity contribution in [1.82, 2.24) is 4.90 Å². The highest BCUT2D eigenvalue weighted by Gasteiger charge is 2.34. The zero-order valence-corrected chi connectivity index (χ0v) is 13.5. The Hall–Kier alpha value is -0.940. The maximum absolute atomic E-state index is 6.08. The summed E-state index contributed by atoms with van der Waals surface area (Å²) in [6, 6.07) is 8.80. The van der Waals surface area contributed by atoms with Crippen molar-refractivity contribution >= 4 is 0 Å². The molecule has 2 unspecified atom stereocenters. The largest absolute Gasteiger partial charge is 0.380 e. The molecule has 0 aromatic heterocycles. The van der Waals surface area contributed by atoms with Crippen LogP contribution in [0.1, 0.15) is 36.9 Å². The molecule has 1 aromatic carbocycles. The van der Waals surface area contributed by atoms with Crippen LogP contribution in [-0.2, 0) is 16.1 Å². The minimum Gasteiger partial charge on any atom is -0.380 e. The van der Waals surface area contributed by atoms with Crippen LogP contribution in [0.2, 0.25) is 0 Å². The zero-order valence-electron chi connectivity index (χ0n) is 13.5. The average molecular weight is 292 g/mol. The molecule has 0 spiro atoms. The molecular weight excluding hydrogens is 264 g/mol. The van der Waals surface area contributed by atoms with Crippen molar-refractivity contribution in [3.05, 3.63) is 35.4 Å². The lowest BCUT2D eigenvalue weighted by atomic mass is 9.92. The van der Waals surface area contributed by atoms with Gasteiger partial charge in [0.1, 0.15) is 0 Å². The van der Waals surface area contributed by atoms with Crippen LogP contribution in [0.4, 0.5) is 0 Å². The molecule has 0 aliphatic carbocycles. The van der Waals surface area contributed by atoms with Gasteiger partial charge in [0.25, 0.3) is 0 Å². The van der Waals surface area contributed by atoms with E-state index < -0.39 is 0 Å². The number of benzene rings is 1. The summed E-state index contributed by atoms with van der Waals surface area (Å²) < 4.78 is 10.9. The van der Waals surface area contributed by atoms with Crippen molar-refractivity contribution in [2.24, 2.45) is 5.73 Å². The number of nitrogens with zero attached hydrogens (tertiary/aromatic N) is 1. The number of hydrogen-bond acceptors (Lipinski definition) is 4. The van der Waals surface area contributed by atoms with Crippen molar-refractivity contribution in [2.45, 2.75) is 38.0 Å². The lowest BCUT2D eigenvalue weighted by Crippen LogP contribution is -2.49. The van der Waals surface area contributed by atoms with Crippen LogP contribution < -0.4 is 5.73 Å². The van der Waals surface area contributed by atoms with Crippen molar-refractivity contribution < 1.29 is 9.47 Å². The molecule has 4 nitrogen and oxygen atoms in total. The van der Waals surface area contributed by atoms with Crippen LogP contribution in [0.25, 0.3) is 0 Å². The van der Waals surface area contributed by atoms with E-state index in [9.17, 15) is 0 Å². The molecule has 2 N–H and O–H groups in total. The monoisotopic (exact) mass is 292 g/mol. The van der Waals surface area contributed by atoms with Gasteiger partial charge in [-0.1, -0.05) is 24.3 Å². The summed E-state index contributed by atoms with van der Waals surface area (Å²) in [4.78, 5) is 2.46. The van der Waals surface area contributed by atoms with E-state index in [1.54, 1.807) is 14.2 Å². The molecule has 1 fully saturated rings. The van der Waals surface area contributed by atoms with Crippen LogP contribution in [0, 0.1) is 0 Å². The summed E-state index contributed by atoms with van der Waals surface area (Å²) in [5, 5.41) is 0. The summed E-state index contributed by atoms with van der Waals surface area (Å²) in [5.41, 5.74) is 8.48. The molecule has 1 heterocycles. The van der Waals surface area contributed by atoms with E-state index in [1.807, 2.05) is 0 Å². The molecule has 2 rings (SSSR count). The first-order valence-electron chi connectivity index (χ1n) is 7.69. The highest BCUT2D eigenvalue weighted by Crippen LogP contribution is 2.30. The SMILES string of the molecule is COCc1cccc(C(CN)N2CCCC(C)(OC)C2)c1. The Morgan fingerprint density at radius 1 is 1.38 bits per heavy atom. The van der Waals surface area contributed by atoms with Gasteiger partial charge in [-0.05, 0) is 37.4 Å². The average Bonchev–Trinajstić information content (AvgIpc) is 2.49. The van der Waals surface area contributed by atoms with Crippen LogP contribution in [0.5, 0.6) is 0 Å². The molecule has 1 aliphatic rings. The number of likely N-dealkylation sites (tertiary alicyclic amines) is 1. The maximum atomic E-state index is 6.08. The molecule has 0 bridgehead atoms. The first-order chi connectivity index (χ1) is 10.1. The lowest BCUT2D eigenvalue weighted by molar-refractivity contribution is -0.0608. The van der Waals surface area contributed by atoms with Gasteiger partial charge in [-0.25, -0.2) is 0 Å². The molecule has 1 aromatic rings. The Morgan fingerprint density at radius 3 is 2.86 bits per heavy atom. The van der Waals surface area contributed by atoms with E-state index in [1.165, 1.54) is 11.1 Å². The van der Waals surface area contributed by atoms with Crippen LogP contribution in [-0.4, -0.2) is 44.4 Å². The Kier molecular flexibility index (Phi) is 5.76.